The minimum atomic E-state index is -0.110. The van der Waals surface area contributed by atoms with Crippen molar-refractivity contribution in [3.63, 3.8) is 0 Å². The standard InChI is InChI=1S/C18H21N5O2S/c1-13-21-17(12-26-13)18(24)19-5-2-15-9-22(8-14-4-7-25-11-14)10-16-3-6-20-23(15)16/h3-4,6-7,11-12,15H,2,5,8-10H2,1H3,(H,19,24). The highest BCUT2D eigenvalue weighted by molar-refractivity contribution is 7.09. The van der Waals surface area contributed by atoms with Gasteiger partial charge in [-0.3, -0.25) is 14.4 Å². The molecule has 0 spiro atoms. The number of nitrogens with zero attached hydrogens (tertiary/aromatic N) is 4. The van der Waals surface area contributed by atoms with Gasteiger partial charge in [0.1, 0.15) is 5.69 Å². The van der Waals surface area contributed by atoms with Crippen LogP contribution in [-0.2, 0) is 13.1 Å². The summed E-state index contributed by atoms with van der Waals surface area (Å²) in [6.45, 7) is 5.11. The Labute approximate surface area is 155 Å². The lowest BCUT2D eigenvalue weighted by atomic mass is 10.1. The summed E-state index contributed by atoms with van der Waals surface area (Å²) in [6, 6.07) is 4.29. The summed E-state index contributed by atoms with van der Waals surface area (Å²) in [5.74, 6) is -0.110. The molecule has 1 aliphatic rings. The van der Waals surface area contributed by atoms with E-state index in [1.54, 1.807) is 17.9 Å². The van der Waals surface area contributed by atoms with Crippen LogP contribution in [-0.4, -0.2) is 38.7 Å². The largest absolute Gasteiger partial charge is 0.472 e. The van der Waals surface area contributed by atoms with Crippen LogP contribution in [0.2, 0.25) is 0 Å². The van der Waals surface area contributed by atoms with Crippen LogP contribution < -0.4 is 5.32 Å². The monoisotopic (exact) mass is 371 g/mol. The van der Waals surface area contributed by atoms with Gasteiger partial charge in [-0.05, 0) is 25.5 Å². The maximum Gasteiger partial charge on any atom is 0.270 e. The molecule has 1 N–H and O–H groups in total. The molecule has 1 aliphatic heterocycles. The normalized spacial score (nSPS) is 17.2. The van der Waals surface area contributed by atoms with E-state index < -0.39 is 0 Å². The summed E-state index contributed by atoms with van der Waals surface area (Å²) in [6.07, 6.45) is 6.17. The van der Waals surface area contributed by atoms with Crippen molar-refractivity contribution in [2.75, 3.05) is 13.1 Å². The van der Waals surface area contributed by atoms with Gasteiger partial charge in [0.25, 0.3) is 5.91 Å². The molecule has 136 valence electrons. The minimum Gasteiger partial charge on any atom is -0.472 e. The van der Waals surface area contributed by atoms with Gasteiger partial charge >= 0.3 is 0 Å². The fourth-order valence-electron chi connectivity index (χ4n) is 3.35. The van der Waals surface area contributed by atoms with Crippen LogP contribution in [0.1, 0.15) is 39.2 Å². The number of aryl methyl sites for hydroxylation is 1. The van der Waals surface area contributed by atoms with Gasteiger partial charge in [-0.15, -0.1) is 11.3 Å². The predicted octanol–water partition coefficient (Wildman–Crippen LogP) is 2.62. The third-order valence-electron chi connectivity index (χ3n) is 4.55. The van der Waals surface area contributed by atoms with E-state index in [1.807, 2.05) is 19.2 Å². The maximum atomic E-state index is 12.2. The Morgan fingerprint density at radius 2 is 2.38 bits per heavy atom. The lowest BCUT2D eigenvalue weighted by molar-refractivity contribution is 0.0942. The van der Waals surface area contributed by atoms with E-state index in [0.717, 1.165) is 31.1 Å². The van der Waals surface area contributed by atoms with Gasteiger partial charge in [-0.2, -0.15) is 5.10 Å². The van der Waals surface area contributed by atoms with Crippen molar-refractivity contribution in [1.29, 1.82) is 0 Å². The molecule has 8 heteroatoms. The smallest absolute Gasteiger partial charge is 0.270 e. The van der Waals surface area contributed by atoms with Gasteiger partial charge in [0.2, 0.25) is 0 Å². The number of fused-ring (bicyclic) bond motifs is 1. The van der Waals surface area contributed by atoms with E-state index in [0.29, 0.717) is 12.2 Å². The maximum absolute atomic E-state index is 12.2. The number of aromatic nitrogens is 3. The molecule has 0 fully saturated rings. The molecular weight excluding hydrogens is 350 g/mol. The minimum absolute atomic E-state index is 0.110. The first-order chi connectivity index (χ1) is 12.7. The second-order valence-electron chi connectivity index (χ2n) is 6.52. The number of hydrogen-bond acceptors (Lipinski definition) is 6. The average molecular weight is 371 g/mol. The first kappa shape index (κ1) is 17.0. The second kappa shape index (κ2) is 7.43. The van der Waals surface area contributed by atoms with Crippen LogP contribution in [0.15, 0.2) is 40.7 Å². The highest BCUT2D eigenvalue weighted by Gasteiger charge is 2.25. The predicted molar refractivity (Wildman–Crippen MR) is 97.9 cm³/mol. The molecular formula is C18H21N5O2S. The Morgan fingerprint density at radius 1 is 1.46 bits per heavy atom. The molecule has 0 bridgehead atoms. The van der Waals surface area contributed by atoms with E-state index in [2.05, 4.69) is 31.0 Å². The molecule has 1 unspecified atom stereocenters. The number of furan rings is 1. The van der Waals surface area contributed by atoms with Crippen LogP contribution in [0, 0.1) is 6.92 Å². The van der Waals surface area contributed by atoms with Crippen molar-refractivity contribution in [3.05, 3.63) is 58.2 Å². The second-order valence-corrected chi connectivity index (χ2v) is 7.58. The number of thiazole rings is 1. The van der Waals surface area contributed by atoms with Crippen LogP contribution >= 0.6 is 11.3 Å². The number of rotatable bonds is 6. The van der Waals surface area contributed by atoms with Crippen LogP contribution in [0.3, 0.4) is 0 Å². The van der Waals surface area contributed by atoms with Gasteiger partial charge in [0.15, 0.2) is 0 Å². The van der Waals surface area contributed by atoms with Gasteiger partial charge in [0, 0.05) is 43.3 Å². The topological polar surface area (TPSA) is 76.2 Å². The number of carbonyl (C=O) groups excluding carboxylic acids is 1. The Bertz CT molecular complexity index is 870. The summed E-state index contributed by atoms with van der Waals surface area (Å²) < 4.78 is 7.26. The molecule has 0 aromatic carbocycles. The van der Waals surface area contributed by atoms with E-state index in [4.69, 9.17) is 4.42 Å². The Kier molecular flexibility index (Phi) is 4.85. The summed E-state index contributed by atoms with van der Waals surface area (Å²) in [4.78, 5) is 18.8. The number of hydrogen-bond donors (Lipinski definition) is 1. The van der Waals surface area contributed by atoms with Crippen molar-refractivity contribution in [2.45, 2.75) is 32.5 Å². The fourth-order valence-corrected chi connectivity index (χ4v) is 3.94. The zero-order chi connectivity index (χ0) is 17.9. The van der Waals surface area contributed by atoms with Crippen LogP contribution in [0.25, 0.3) is 0 Å². The van der Waals surface area contributed by atoms with Crippen molar-refractivity contribution >= 4 is 17.2 Å². The van der Waals surface area contributed by atoms with Gasteiger partial charge in [0.05, 0.1) is 29.3 Å². The molecule has 26 heavy (non-hydrogen) atoms. The van der Waals surface area contributed by atoms with Crippen molar-refractivity contribution in [2.24, 2.45) is 0 Å². The third kappa shape index (κ3) is 3.71. The van der Waals surface area contributed by atoms with Crippen molar-refractivity contribution in [3.8, 4) is 0 Å². The highest BCUT2D eigenvalue weighted by atomic mass is 32.1. The molecule has 7 nitrogen and oxygen atoms in total. The zero-order valence-corrected chi connectivity index (χ0v) is 15.4. The van der Waals surface area contributed by atoms with Gasteiger partial charge in [-0.25, -0.2) is 4.98 Å². The first-order valence-electron chi connectivity index (χ1n) is 8.65. The zero-order valence-electron chi connectivity index (χ0n) is 14.6. The molecule has 0 aliphatic carbocycles. The number of amides is 1. The van der Waals surface area contributed by atoms with Gasteiger partial charge in [-0.1, -0.05) is 0 Å². The Balaban J connectivity index is 1.36. The first-order valence-corrected chi connectivity index (χ1v) is 9.53. The highest BCUT2D eigenvalue weighted by Crippen LogP contribution is 2.24. The van der Waals surface area contributed by atoms with Crippen LogP contribution in [0.4, 0.5) is 0 Å². The molecule has 0 radical (unpaired) electrons. The molecule has 3 aromatic heterocycles. The molecule has 1 amide bonds. The molecule has 1 atom stereocenters. The molecule has 4 heterocycles. The quantitative estimate of drug-likeness (QED) is 0.721. The van der Waals surface area contributed by atoms with E-state index >= 15 is 0 Å². The lowest BCUT2D eigenvalue weighted by Crippen LogP contribution is -2.38. The lowest BCUT2D eigenvalue weighted by Gasteiger charge is -2.33. The summed E-state index contributed by atoms with van der Waals surface area (Å²) in [7, 11) is 0. The van der Waals surface area contributed by atoms with E-state index in [9.17, 15) is 4.79 Å². The molecule has 4 rings (SSSR count). The number of nitrogens with one attached hydrogen (secondary N) is 1. The van der Waals surface area contributed by atoms with E-state index in [1.165, 1.54) is 22.6 Å². The third-order valence-corrected chi connectivity index (χ3v) is 5.33. The van der Waals surface area contributed by atoms with E-state index in [-0.39, 0.29) is 11.9 Å². The molecule has 0 saturated heterocycles. The average Bonchev–Trinajstić information content (AvgIpc) is 3.36. The Morgan fingerprint density at radius 3 is 3.15 bits per heavy atom. The van der Waals surface area contributed by atoms with Gasteiger partial charge < -0.3 is 9.73 Å². The molecule has 0 saturated carbocycles. The summed E-state index contributed by atoms with van der Waals surface area (Å²) >= 11 is 1.49. The van der Waals surface area contributed by atoms with Crippen molar-refractivity contribution in [1.82, 2.24) is 25.0 Å². The van der Waals surface area contributed by atoms with Crippen molar-refractivity contribution < 1.29 is 9.21 Å². The SMILES string of the molecule is Cc1nc(C(=O)NCCC2CN(Cc3ccoc3)Cc3ccnn32)cs1. The fraction of sp³-hybridized carbons (Fsp3) is 0.389. The number of carbonyl (C=O) groups is 1. The summed E-state index contributed by atoms with van der Waals surface area (Å²) in [5.41, 5.74) is 2.87. The van der Waals surface area contributed by atoms with Crippen LogP contribution in [0.5, 0.6) is 0 Å². The Hall–Kier alpha value is -2.45. The molecule has 3 aromatic rings. The summed E-state index contributed by atoms with van der Waals surface area (Å²) in [5, 5.41) is 10.1.